The monoisotopic (exact) mass is 254 g/mol. The largest absolute Gasteiger partial charge is 0.484 e. The summed E-state index contributed by atoms with van der Waals surface area (Å²) in [6.07, 6.45) is 0. The molecule has 4 heteroatoms. The van der Waals surface area contributed by atoms with Gasteiger partial charge in [0.15, 0.2) is 12.2 Å². The molecule has 2 aromatic carbocycles. The normalized spacial score (nSPS) is 10.8. The maximum absolute atomic E-state index is 5.83. The van der Waals surface area contributed by atoms with Crippen LogP contribution in [0.5, 0.6) is 5.75 Å². The number of ether oxygens (including phenoxy) is 1. The Morgan fingerprint density at radius 3 is 2.68 bits per heavy atom. The van der Waals surface area contributed by atoms with Crippen LogP contribution in [0.3, 0.4) is 0 Å². The molecular weight excluding hydrogens is 240 g/mol. The van der Waals surface area contributed by atoms with Gasteiger partial charge in [0, 0.05) is 0 Å². The molecule has 1 aromatic heterocycles. The molecule has 0 aliphatic carbocycles. The Morgan fingerprint density at radius 1 is 1.16 bits per heavy atom. The van der Waals surface area contributed by atoms with Crippen molar-refractivity contribution in [2.45, 2.75) is 13.5 Å². The second-order valence-electron chi connectivity index (χ2n) is 4.40. The predicted octanol–water partition coefficient (Wildman–Crippen LogP) is 3.30. The molecule has 0 saturated carbocycles. The standard InChI is InChI=1S/C15H14N2O2/c1-10-5-7-11(8-6-10)18-9-14-17-15-12(16)3-2-4-13(15)19-14/h2-8H,9,16H2,1H3. The van der Waals surface area contributed by atoms with Crippen molar-refractivity contribution in [2.75, 3.05) is 5.73 Å². The van der Waals surface area contributed by atoms with Crippen LogP contribution in [0.15, 0.2) is 46.9 Å². The minimum absolute atomic E-state index is 0.289. The average Bonchev–Trinajstić information content (AvgIpc) is 2.83. The minimum Gasteiger partial charge on any atom is -0.484 e. The maximum Gasteiger partial charge on any atom is 0.233 e. The van der Waals surface area contributed by atoms with Gasteiger partial charge in [0.1, 0.15) is 11.3 Å². The van der Waals surface area contributed by atoms with E-state index < -0.39 is 0 Å². The molecule has 96 valence electrons. The van der Waals surface area contributed by atoms with E-state index in [1.54, 1.807) is 6.07 Å². The summed E-state index contributed by atoms with van der Waals surface area (Å²) in [6.45, 7) is 2.32. The van der Waals surface area contributed by atoms with Crippen molar-refractivity contribution >= 4 is 16.8 Å². The van der Waals surface area contributed by atoms with Crippen LogP contribution in [-0.2, 0) is 6.61 Å². The van der Waals surface area contributed by atoms with Crippen molar-refractivity contribution in [3.63, 3.8) is 0 Å². The van der Waals surface area contributed by atoms with Gasteiger partial charge in [0.25, 0.3) is 0 Å². The fourth-order valence-corrected chi connectivity index (χ4v) is 1.86. The van der Waals surface area contributed by atoms with Crippen LogP contribution in [0.25, 0.3) is 11.1 Å². The Bertz CT molecular complexity index is 702. The summed E-state index contributed by atoms with van der Waals surface area (Å²) < 4.78 is 11.2. The molecule has 0 aliphatic rings. The molecule has 3 rings (SSSR count). The molecule has 0 radical (unpaired) electrons. The zero-order valence-electron chi connectivity index (χ0n) is 10.6. The Hall–Kier alpha value is -2.49. The number of hydrogen-bond donors (Lipinski definition) is 1. The Kier molecular flexibility index (Phi) is 2.83. The summed E-state index contributed by atoms with van der Waals surface area (Å²) in [5.41, 5.74) is 9.01. The number of oxazole rings is 1. The first-order valence-corrected chi connectivity index (χ1v) is 6.06. The third-order valence-electron chi connectivity index (χ3n) is 2.88. The Labute approximate surface area is 110 Å². The fourth-order valence-electron chi connectivity index (χ4n) is 1.86. The van der Waals surface area contributed by atoms with Gasteiger partial charge < -0.3 is 14.9 Å². The van der Waals surface area contributed by atoms with Gasteiger partial charge in [-0.1, -0.05) is 23.8 Å². The fraction of sp³-hybridized carbons (Fsp3) is 0.133. The van der Waals surface area contributed by atoms with Crippen molar-refractivity contribution in [1.82, 2.24) is 4.98 Å². The van der Waals surface area contributed by atoms with E-state index in [2.05, 4.69) is 4.98 Å². The summed E-state index contributed by atoms with van der Waals surface area (Å²) in [5.74, 6) is 1.31. The zero-order valence-corrected chi connectivity index (χ0v) is 10.6. The summed E-state index contributed by atoms with van der Waals surface area (Å²) in [6, 6.07) is 13.3. The second kappa shape index (κ2) is 4.65. The highest BCUT2D eigenvalue weighted by Gasteiger charge is 2.08. The first-order chi connectivity index (χ1) is 9.22. The van der Waals surface area contributed by atoms with Gasteiger partial charge in [0.2, 0.25) is 5.89 Å². The van der Waals surface area contributed by atoms with Crippen LogP contribution in [0, 0.1) is 6.92 Å². The average molecular weight is 254 g/mol. The minimum atomic E-state index is 0.289. The molecule has 0 amide bonds. The molecule has 0 unspecified atom stereocenters. The number of nitrogens with two attached hydrogens (primary N) is 1. The van der Waals surface area contributed by atoms with Crippen molar-refractivity contribution in [2.24, 2.45) is 0 Å². The predicted molar refractivity (Wildman–Crippen MR) is 73.9 cm³/mol. The lowest BCUT2D eigenvalue weighted by molar-refractivity contribution is 0.267. The first kappa shape index (κ1) is 11.6. The molecule has 0 aliphatic heterocycles. The Morgan fingerprint density at radius 2 is 1.95 bits per heavy atom. The van der Waals surface area contributed by atoms with E-state index >= 15 is 0 Å². The number of aryl methyl sites for hydroxylation is 1. The lowest BCUT2D eigenvalue weighted by Crippen LogP contribution is -1.95. The zero-order chi connectivity index (χ0) is 13.2. The molecule has 0 fully saturated rings. The smallest absolute Gasteiger partial charge is 0.233 e. The summed E-state index contributed by atoms with van der Waals surface area (Å²) in [5, 5.41) is 0. The van der Waals surface area contributed by atoms with Gasteiger partial charge in [-0.2, -0.15) is 0 Å². The first-order valence-electron chi connectivity index (χ1n) is 6.06. The molecule has 2 N–H and O–H groups in total. The van der Waals surface area contributed by atoms with Crippen LogP contribution < -0.4 is 10.5 Å². The number of hydrogen-bond acceptors (Lipinski definition) is 4. The third-order valence-corrected chi connectivity index (χ3v) is 2.88. The summed E-state index contributed by atoms with van der Waals surface area (Å²) >= 11 is 0. The number of anilines is 1. The van der Waals surface area contributed by atoms with Gasteiger partial charge in [-0.15, -0.1) is 0 Å². The van der Waals surface area contributed by atoms with E-state index in [4.69, 9.17) is 14.9 Å². The lowest BCUT2D eigenvalue weighted by Gasteiger charge is -2.03. The quantitative estimate of drug-likeness (QED) is 0.728. The van der Waals surface area contributed by atoms with Gasteiger partial charge in [-0.05, 0) is 31.2 Å². The number of aromatic nitrogens is 1. The van der Waals surface area contributed by atoms with E-state index in [-0.39, 0.29) is 6.61 Å². The van der Waals surface area contributed by atoms with Crippen molar-refractivity contribution in [1.29, 1.82) is 0 Å². The molecule has 3 aromatic rings. The number of rotatable bonds is 3. The topological polar surface area (TPSA) is 61.3 Å². The van der Waals surface area contributed by atoms with Crippen molar-refractivity contribution < 1.29 is 9.15 Å². The molecule has 4 nitrogen and oxygen atoms in total. The van der Waals surface area contributed by atoms with Crippen molar-refractivity contribution in [3.8, 4) is 5.75 Å². The van der Waals surface area contributed by atoms with Gasteiger partial charge >= 0.3 is 0 Å². The number of para-hydroxylation sites is 1. The SMILES string of the molecule is Cc1ccc(OCc2nc3c(N)cccc3o2)cc1. The molecule has 19 heavy (non-hydrogen) atoms. The van der Waals surface area contributed by atoms with Crippen LogP contribution in [0.4, 0.5) is 5.69 Å². The molecule has 0 saturated heterocycles. The number of nitrogen functional groups attached to an aromatic ring is 1. The van der Waals surface area contributed by atoms with E-state index in [1.807, 2.05) is 43.3 Å². The van der Waals surface area contributed by atoms with E-state index in [0.29, 0.717) is 22.7 Å². The highest BCUT2D eigenvalue weighted by molar-refractivity contribution is 5.85. The van der Waals surface area contributed by atoms with Crippen molar-refractivity contribution in [3.05, 3.63) is 53.9 Å². The van der Waals surface area contributed by atoms with E-state index in [1.165, 1.54) is 5.56 Å². The highest BCUT2D eigenvalue weighted by Crippen LogP contribution is 2.22. The Balaban J connectivity index is 1.78. The van der Waals surface area contributed by atoms with Crippen LogP contribution in [0.2, 0.25) is 0 Å². The number of benzene rings is 2. The maximum atomic E-state index is 5.83. The van der Waals surface area contributed by atoms with Gasteiger partial charge in [-0.3, -0.25) is 0 Å². The molecule has 0 bridgehead atoms. The molecule has 0 spiro atoms. The van der Waals surface area contributed by atoms with Gasteiger partial charge in [-0.25, -0.2) is 4.98 Å². The number of nitrogens with zero attached hydrogens (tertiary/aromatic N) is 1. The third kappa shape index (κ3) is 2.38. The summed E-state index contributed by atoms with van der Waals surface area (Å²) in [7, 11) is 0. The molecule has 0 atom stereocenters. The van der Waals surface area contributed by atoms with Crippen LogP contribution in [-0.4, -0.2) is 4.98 Å². The van der Waals surface area contributed by atoms with E-state index in [9.17, 15) is 0 Å². The highest BCUT2D eigenvalue weighted by atomic mass is 16.5. The van der Waals surface area contributed by atoms with Crippen LogP contribution in [0.1, 0.15) is 11.5 Å². The second-order valence-corrected chi connectivity index (χ2v) is 4.40. The summed E-state index contributed by atoms with van der Waals surface area (Å²) in [4.78, 5) is 4.33. The van der Waals surface area contributed by atoms with Crippen LogP contribution >= 0.6 is 0 Å². The molecular formula is C15H14N2O2. The van der Waals surface area contributed by atoms with E-state index in [0.717, 1.165) is 5.75 Å². The number of fused-ring (bicyclic) bond motifs is 1. The molecule has 1 heterocycles. The van der Waals surface area contributed by atoms with Gasteiger partial charge in [0.05, 0.1) is 5.69 Å². The lowest BCUT2D eigenvalue weighted by atomic mass is 10.2.